The molecule has 0 aromatic rings. The molecule has 22 heavy (non-hydrogen) atoms. The zero-order chi connectivity index (χ0) is 15.7. The third kappa shape index (κ3) is 3.20. The van der Waals surface area contributed by atoms with Crippen molar-refractivity contribution in [3.8, 4) is 0 Å². The van der Waals surface area contributed by atoms with E-state index in [1.807, 2.05) is 18.7 Å². The predicted molar refractivity (Wildman–Crippen MR) is 79.4 cm³/mol. The van der Waals surface area contributed by atoms with Gasteiger partial charge in [-0.2, -0.15) is 0 Å². The number of nitrogens with zero attached hydrogens (tertiary/aromatic N) is 2. The van der Waals surface area contributed by atoms with Crippen molar-refractivity contribution in [3.05, 3.63) is 0 Å². The Hall–Kier alpha value is -1.34. The molecular weight excluding hydrogens is 286 g/mol. The van der Waals surface area contributed by atoms with Gasteiger partial charge in [-0.3, -0.25) is 4.79 Å². The predicted octanol–water partition coefficient (Wildman–Crippen LogP) is 0.0525. The van der Waals surface area contributed by atoms with E-state index < -0.39 is 0 Å². The first kappa shape index (κ1) is 15.6. The fourth-order valence-electron chi connectivity index (χ4n) is 3.44. The molecule has 0 aromatic heterocycles. The molecule has 0 saturated carbocycles. The summed E-state index contributed by atoms with van der Waals surface area (Å²) < 4.78 is 11.2. The molecular formula is C15H25N3O4. The van der Waals surface area contributed by atoms with Crippen LogP contribution in [0.15, 0.2) is 0 Å². The number of carbonyl (C=O) groups excluding carboxylic acids is 2. The van der Waals surface area contributed by atoms with Crippen molar-refractivity contribution in [1.29, 1.82) is 0 Å². The van der Waals surface area contributed by atoms with Gasteiger partial charge in [-0.15, -0.1) is 0 Å². The van der Waals surface area contributed by atoms with Crippen LogP contribution in [0.3, 0.4) is 0 Å². The number of morpholine rings is 2. The normalized spacial score (nSPS) is 31.5. The van der Waals surface area contributed by atoms with E-state index in [0.717, 1.165) is 0 Å². The van der Waals surface area contributed by atoms with Crippen molar-refractivity contribution < 1.29 is 19.1 Å². The molecule has 3 atom stereocenters. The molecule has 7 heteroatoms. The van der Waals surface area contributed by atoms with Gasteiger partial charge in [0.2, 0.25) is 5.91 Å². The SMILES string of the molecule is CC(C)NC(=O)N1CC2CC(C(=O)N3CCOCC3)C(C1)O2. The summed E-state index contributed by atoms with van der Waals surface area (Å²) in [6.07, 6.45) is 0.519. The molecule has 0 spiro atoms. The average molecular weight is 311 g/mol. The molecule has 7 nitrogen and oxygen atoms in total. The zero-order valence-electron chi connectivity index (χ0n) is 13.3. The second kappa shape index (κ2) is 6.42. The summed E-state index contributed by atoms with van der Waals surface area (Å²) in [5, 5.41) is 2.91. The van der Waals surface area contributed by atoms with Crippen LogP contribution in [0.2, 0.25) is 0 Å². The summed E-state index contributed by atoms with van der Waals surface area (Å²) in [6, 6.07) is 0.0477. The van der Waals surface area contributed by atoms with Gasteiger partial charge in [0, 0.05) is 32.2 Å². The van der Waals surface area contributed by atoms with Gasteiger partial charge in [0.05, 0.1) is 31.3 Å². The van der Waals surface area contributed by atoms with Gasteiger partial charge < -0.3 is 24.6 Å². The number of rotatable bonds is 2. The van der Waals surface area contributed by atoms with E-state index in [9.17, 15) is 9.59 Å². The summed E-state index contributed by atoms with van der Waals surface area (Å²) in [5.41, 5.74) is 0. The van der Waals surface area contributed by atoms with Crippen LogP contribution >= 0.6 is 0 Å². The maximum Gasteiger partial charge on any atom is 0.317 e. The van der Waals surface area contributed by atoms with Gasteiger partial charge in [-0.05, 0) is 20.3 Å². The van der Waals surface area contributed by atoms with Gasteiger partial charge >= 0.3 is 6.03 Å². The first-order chi connectivity index (χ1) is 10.5. The van der Waals surface area contributed by atoms with E-state index >= 15 is 0 Å². The van der Waals surface area contributed by atoms with Gasteiger partial charge in [-0.1, -0.05) is 0 Å². The lowest BCUT2D eigenvalue weighted by Gasteiger charge is -2.34. The number of likely N-dealkylation sites (tertiary alicyclic amines) is 1. The second-order valence-corrected chi connectivity index (χ2v) is 6.59. The summed E-state index contributed by atoms with van der Waals surface area (Å²) in [5.74, 6) is 0.0295. The molecule has 3 amide bonds. The van der Waals surface area contributed by atoms with E-state index in [0.29, 0.717) is 45.8 Å². The summed E-state index contributed by atoms with van der Waals surface area (Å²) in [4.78, 5) is 28.5. The highest BCUT2D eigenvalue weighted by molar-refractivity contribution is 5.80. The van der Waals surface area contributed by atoms with Crippen LogP contribution in [-0.4, -0.2) is 79.4 Å². The lowest BCUT2D eigenvalue weighted by molar-refractivity contribution is -0.142. The van der Waals surface area contributed by atoms with Crippen molar-refractivity contribution in [2.75, 3.05) is 39.4 Å². The maximum atomic E-state index is 12.7. The van der Waals surface area contributed by atoms with Crippen molar-refractivity contribution >= 4 is 11.9 Å². The fraction of sp³-hybridized carbons (Fsp3) is 0.867. The van der Waals surface area contributed by atoms with E-state index in [4.69, 9.17) is 9.47 Å². The van der Waals surface area contributed by atoms with Crippen LogP contribution in [0.5, 0.6) is 0 Å². The highest BCUT2D eigenvalue weighted by Gasteiger charge is 2.47. The Labute approximate surface area is 130 Å². The largest absolute Gasteiger partial charge is 0.378 e. The quantitative estimate of drug-likeness (QED) is 0.782. The monoisotopic (exact) mass is 311 g/mol. The zero-order valence-corrected chi connectivity index (χ0v) is 13.3. The number of hydrogen-bond donors (Lipinski definition) is 1. The Morgan fingerprint density at radius 3 is 2.55 bits per heavy atom. The van der Waals surface area contributed by atoms with Gasteiger partial charge in [0.15, 0.2) is 0 Å². The van der Waals surface area contributed by atoms with Crippen LogP contribution in [-0.2, 0) is 14.3 Å². The molecule has 3 saturated heterocycles. The molecule has 3 rings (SSSR count). The summed E-state index contributed by atoms with van der Waals surface area (Å²) >= 11 is 0. The van der Waals surface area contributed by atoms with Crippen molar-refractivity contribution in [3.63, 3.8) is 0 Å². The topological polar surface area (TPSA) is 71.1 Å². The molecule has 0 radical (unpaired) electrons. The van der Waals surface area contributed by atoms with Crippen molar-refractivity contribution in [1.82, 2.24) is 15.1 Å². The average Bonchev–Trinajstić information content (AvgIpc) is 2.81. The highest BCUT2D eigenvalue weighted by Crippen LogP contribution is 2.33. The van der Waals surface area contributed by atoms with E-state index in [1.165, 1.54) is 0 Å². The van der Waals surface area contributed by atoms with Crippen LogP contribution in [0.1, 0.15) is 20.3 Å². The third-order valence-electron chi connectivity index (χ3n) is 4.50. The Balaban J connectivity index is 1.61. The van der Waals surface area contributed by atoms with Gasteiger partial charge in [0.1, 0.15) is 0 Å². The van der Waals surface area contributed by atoms with E-state index in [-0.39, 0.29) is 36.1 Å². The molecule has 0 aliphatic carbocycles. The number of hydrogen-bond acceptors (Lipinski definition) is 4. The Kier molecular flexibility index (Phi) is 4.54. The van der Waals surface area contributed by atoms with Crippen molar-refractivity contribution in [2.45, 2.75) is 38.5 Å². The first-order valence-electron chi connectivity index (χ1n) is 8.12. The van der Waals surface area contributed by atoms with Crippen molar-refractivity contribution in [2.24, 2.45) is 5.92 Å². The van der Waals surface area contributed by atoms with Gasteiger partial charge in [-0.25, -0.2) is 4.79 Å². The van der Waals surface area contributed by atoms with E-state index in [2.05, 4.69) is 5.32 Å². The lowest BCUT2D eigenvalue weighted by Crippen LogP contribution is -2.52. The minimum atomic E-state index is -0.174. The van der Waals surface area contributed by atoms with Crippen LogP contribution in [0.4, 0.5) is 4.79 Å². The molecule has 3 unspecified atom stereocenters. The highest BCUT2D eigenvalue weighted by atomic mass is 16.5. The van der Waals surface area contributed by atoms with Crippen LogP contribution in [0.25, 0.3) is 0 Å². The van der Waals surface area contributed by atoms with Crippen LogP contribution < -0.4 is 5.32 Å². The number of nitrogens with one attached hydrogen (secondary N) is 1. The number of urea groups is 1. The standard InChI is InChI=1S/C15H25N3O4/c1-10(2)16-15(20)18-8-11-7-12(13(9-18)22-11)14(19)17-3-5-21-6-4-17/h10-13H,3-9H2,1-2H3,(H,16,20). The second-order valence-electron chi connectivity index (χ2n) is 6.59. The number of ether oxygens (including phenoxy) is 2. The molecule has 3 fully saturated rings. The number of amides is 3. The minimum absolute atomic E-state index is 0.0216. The Morgan fingerprint density at radius 1 is 1.14 bits per heavy atom. The van der Waals surface area contributed by atoms with Crippen LogP contribution in [0, 0.1) is 5.92 Å². The smallest absolute Gasteiger partial charge is 0.317 e. The minimum Gasteiger partial charge on any atom is -0.378 e. The Morgan fingerprint density at radius 2 is 1.86 bits per heavy atom. The summed E-state index contributed by atoms with van der Waals surface area (Å²) in [7, 11) is 0. The molecule has 3 aliphatic rings. The molecule has 1 N–H and O–H groups in total. The van der Waals surface area contributed by atoms with E-state index in [1.54, 1.807) is 4.90 Å². The molecule has 3 heterocycles. The fourth-order valence-corrected chi connectivity index (χ4v) is 3.44. The maximum absolute atomic E-state index is 12.7. The lowest BCUT2D eigenvalue weighted by atomic mass is 9.98. The Bertz CT molecular complexity index is 437. The first-order valence-corrected chi connectivity index (χ1v) is 8.12. The molecule has 3 aliphatic heterocycles. The molecule has 0 aromatic carbocycles. The molecule has 2 bridgehead atoms. The third-order valence-corrected chi connectivity index (χ3v) is 4.50. The molecule has 124 valence electrons. The number of fused-ring (bicyclic) bond motifs is 2. The van der Waals surface area contributed by atoms with Gasteiger partial charge in [0.25, 0.3) is 0 Å². The summed E-state index contributed by atoms with van der Waals surface area (Å²) in [6.45, 7) is 7.48. The number of carbonyl (C=O) groups is 2.